The predicted molar refractivity (Wildman–Crippen MR) is 157 cm³/mol. The minimum absolute atomic E-state index is 0.253. The number of aromatic nitrogens is 3. The average Bonchev–Trinajstić information content (AvgIpc) is 3.49. The summed E-state index contributed by atoms with van der Waals surface area (Å²) in [5.41, 5.74) is 2.79. The molecule has 0 radical (unpaired) electrons. The van der Waals surface area contributed by atoms with Gasteiger partial charge in [0.05, 0.1) is 44.2 Å². The van der Waals surface area contributed by atoms with Gasteiger partial charge in [-0.1, -0.05) is 0 Å². The standard InChI is InChI=1S/C30H34N8O5/c1-41-27-13-22(3-4-25(27)37-10-8-36(9-11-37)23-17-42-18-23)34-30-33-19-32-29(35-30)20-2-5-26(21(12-20)14-31)43-24-6-7-38(15-24)28(40)16-39/h2-5,12-13,19,23-24,39H,6-11,15-18H2,1H3,(H,32,33,34,35). The van der Waals surface area contributed by atoms with Gasteiger partial charge >= 0.3 is 0 Å². The number of carbonyl (C=O) groups is 1. The smallest absolute Gasteiger partial charge is 0.248 e. The highest BCUT2D eigenvalue weighted by molar-refractivity contribution is 5.77. The molecule has 1 amide bonds. The second kappa shape index (κ2) is 12.8. The van der Waals surface area contributed by atoms with Gasteiger partial charge in [-0.15, -0.1) is 0 Å². The van der Waals surface area contributed by atoms with Gasteiger partial charge in [0.15, 0.2) is 5.82 Å². The molecule has 43 heavy (non-hydrogen) atoms. The van der Waals surface area contributed by atoms with Crippen LogP contribution >= 0.6 is 0 Å². The zero-order valence-electron chi connectivity index (χ0n) is 24.0. The van der Waals surface area contributed by atoms with E-state index < -0.39 is 6.61 Å². The van der Waals surface area contributed by atoms with E-state index in [1.807, 2.05) is 18.2 Å². The first-order valence-corrected chi connectivity index (χ1v) is 14.3. The van der Waals surface area contributed by atoms with E-state index in [1.54, 1.807) is 30.2 Å². The summed E-state index contributed by atoms with van der Waals surface area (Å²) in [4.78, 5) is 31.3. The molecule has 0 bridgehead atoms. The van der Waals surface area contributed by atoms with Crippen molar-refractivity contribution in [3.8, 4) is 29.0 Å². The van der Waals surface area contributed by atoms with Crippen molar-refractivity contribution < 1.29 is 24.1 Å². The first-order chi connectivity index (χ1) is 21.0. The molecule has 1 atom stereocenters. The highest BCUT2D eigenvalue weighted by atomic mass is 16.5. The number of piperazine rings is 1. The molecule has 0 saturated carbocycles. The van der Waals surface area contributed by atoms with Gasteiger partial charge in [0, 0.05) is 56.5 Å². The van der Waals surface area contributed by atoms with Gasteiger partial charge < -0.3 is 34.4 Å². The van der Waals surface area contributed by atoms with Gasteiger partial charge in [0.1, 0.15) is 36.6 Å². The lowest BCUT2D eigenvalue weighted by Gasteiger charge is -2.43. The van der Waals surface area contributed by atoms with E-state index in [-0.39, 0.29) is 12.0 Å². The molecule has 2 aromatic carbocycles. The number of hydrogen-bond acceptors (Lipinski definition) is 12. The Bertz CT molecular complexity index is 1500. The van der Waals surface area contributed by atoms with Crippen LogP contribution in [0.2, 0.25) is 0 Å². The minimum Gasteiger partial charge on any atom is -0.495 e. The van der Waals surface area contributed by atoms with E-state index in [0.29, 0.717) is 54.2 Å². The molecule has 3 saturated heterocycles. The fraction of sp³-hybridized carbons (Fsp3) is 0.433. The van der Waals surface area contributed by atoms with Crippen molar-refractivity contribution in [3.63, 3.8) is 0 Å². The molecule has 3 aliphatic heterocycles. The summed E-state index contributed by atoms with van der Waals surface area (Å²) in [5, 5.41) is 22.1. The molecule has 1 aromatic heterocycles. The Morgan fingerprint density at radius 2 is 1.95 bits per heavy atom. The SMILES string of the molecule is COc1cc(Nc2ncnc(-c3ccc(OC4CCN(C(=O)CO)C4)c(C#N)c3)n2)ccc1N1CCN(C2COC2)CC1. The average molecular weight is 587 g/mol. The van der Waals surface area contributed by atoms with E-state index in [9.17, 15) is 10.1 Å². The second-order valence-corrected chi connectivity index (χ2v) is 10.7. The van der Waals surface area contributed by atoms with Crippen molar-refractivity contribution in [2.75, 3.05) is 76.4 Å². The summed E-state index contributed by atoms with van der Waals surface area (Å²) in [6.45, 7) is 5.85. The number of likely N-dealkylation sites (tertiary alicyclic amines) is 1. The second-order valence-electron chi connectivity index (χ2n) is 10.7. The van der Waals surface area contributed by atoms with Crippen LogP contribution in [0.5, 0.6) is 11.5 Å². The van der Waals surface area contributed by atoms with E-state index in [1.165, 1.54) is 6.33 Å². The van der Waals surface area contributed by atoms with Crippen LogP contribution in [-0.4, -0.2) is 114 Å². The monoisotopic (exact) mass is 586 g/mol. The predicted octanol–water partition coefficient (Wildman–Crippen LogP) is 1.66. The Morgan fingerprint density at radius 3 is 2.67 bits per heavy atom. The number of amides is 1. The van der Waals surface area contributed by atoms with Crippen LogP contribution in [0.4, 0.5) is 17.3 Å². The molecule has 13 nitrogen and oxygen atoms in total. The molecule has 1 unspecified atom stereocenters. The Balaban J connectivity index is 1.12. The van der Waals surface area contributed by atoms with Gasteiger partial charge in [-0.2, -0.15) is 10.2 Å². The van der Waals surface area contributed by atoms with Crippen LogP contribution in [0.3, 0.4) is 0 Å². The van der Waals surface area contributed by atoms with Crippen LogP contribution in [0.15, 0.2) is 42.7 Å². The Morgan fingerprint density at radius 1 is 1.12 bits per heavy atom. The van der Waals surface area contributed by atoms with Crippen LogP contribution in [0, 0.1) is 11.3 Å². The zero-order chi connectivity index (χ0) is 29.8. The van der Waals surface area contributed by atoms with Crippen molar-refractivity contribution in [1.29, 1.82) is 5.26 Å². The highest BCUT2D eigenvalue weighted by Gasteiger charge is 2.30. The number of aliphatic hydroxyl groups excluding tert-OH is 1. The number of rotatable bonds is 9. The molecule has 0 spiro atoms. The van der Waals surface area contributed by atoms with Crippen molar-refractivity contribution in [3.05, 3.63) is 48.3 Å². The van der Waals surface area contributed by atoms with Gasteiger partial charge in [0.2, 0.25) is 11.9 Å². The van der Waals surface area contributed by atoms with Crippen LogP contribution in [0.1, 0.15) is 12.0 Å². The Labute approximate surface area is 249 Å². The molecule has 4 heterocycles. The van der Waals surface area contributed by atoms with E-state index >= 15 is 0 Å². The topological polar surface area (TPSA) is 149 Å². The molecular weight excluding hydrogens is 552 g/mol. The summed E-state index contributed by atoms with van der Waals surface area (Å²) in [6, 6.07) is 13.9. The van der Waals surface area contributed by atoms with Crippen LogP contribution < -0.4 is 19.7 Å². The van der Waals surface area contributed by atoms with Crippen molar-refractivity contribution >= 4 is 23.2 Å². The maximum atomic E-state index is 11.8. The molecule has 3 fully saturated rings. The number of nitrogens with zero attached hydrogens (tertiary/aromatic N) is 7. The molecule has 3 aliphatic rings. The molecule has 3 aromatic rings. The number of nitriles is 1. The molecule has 2 N–H and O–H groups in total. The molecule has 0 aliphatic carbocycles. The number of aliphatic hydroxyl groups is 1. The van der Waals surface area contributed by atoms with Crippen molar-refractivity contribution in [2.45, 2.75) is 18.6 Å². The van der Waals surface area contributed by atoms with Gasteiger partial charge in [-0.05, 0) is 30.3 Å². The Kier molecular flexibility index (Phi) is 8.50. The maximum absolute atomic E-state index is 11.8. The fourth-order valence-corrected chi connectivity index (χ4v) is 5.59. The number of nitrogens with one attached hydrogen (secondary N) is 1. The quantitative estimate of drug-likeness (QED) is 0.375. The van der Waals surface area contributed by atoms with Gasteiger partial charge in [-0.3, -0.25) is 9.69 Å². The minimum atomic E-state index is -0.527. The third-order valence-electron chi connectivity index (χ3n) is 8.08. The number of carbonyl (C=O) groups excluding carboxylic acids is 1. The summed E-state index contributed by atoms with van der Waals surface area (Å²) in [5.74, 6) is 1.62. The van der Waals surface area contributed by atoms with Crippen LogP contribution in [-0.2, 0) is 9.53 Å². The fourth-order valence-electron chi connectivity index (χ4n) is 5.59. The lowest BCUT2D eigenvalue weighted by atomic mass is 10.1. The summed E-state index contributed by atoms with van der Waals surface area (Å²) in [7, 11) is 1.67. The number of hydrogen-bond donors (Lipinski definition) is 2. The largest absolute Gasteiger partial charge is 0.495 e. The lowest BCUT2D eigenvalue weighted by molar-refractivity contribution is -0.133. The van der Waals surface area contributed by atoms with E-state index in [0.717, 1.165) is 56.5 Å². The summed E-state index contributed by atoms with van der Waals surface area (Å²) >= 11 is 0. The molecule has 13 heteroatoms. The number of benzene rings is 2. The van der Waals surface area contributed by atoms with Crippen molar-refractivity contribution in [1.82, 2.24) is 24.8 Å². The first-order valence-electron chi connectivity index (χ1n) is 14.3. The highest BCUT2D eigenvalue weighted by Crippen LogP contribution is 2.33. The zero-order valence-corrected chi connectivity index (χ0v) is 24.0. The molecule has 224 valence electrons. The van der Waals surface area contributed by atoms with Crippen molar-refractivity contribution in [2.24, 2.45) is 0 Å². The number of anilines is 3. The number of methoxy groups -OCH3 is 1. The molecular formula is C30H34N8O5. The summed E-state index contributed by atoms with van der Waals surface area (Å²) in [6.07, 6.45) is 1.79. The normalized spacial score (nSPS) is 19.0. The third kappa shape index (κ3) is 6.31. The number of ether oxygens (including phenoxy) is 3. The summed E-state index contributed by atoms with van der Waals surface area (Å²) < 4.78 is 17.1. The Hall–Kier alpha value is -4.51. The third-order valence-corrected chi connectivity index (χ3v) is 8.08. The van der Waals surface area contributed by atoms with Crippen LogP contribution in [0.25, 0.3) is 11.4 Å². The molecule has 6 rings (SSSR count). The first kappa shape index (κ1) is 28.6. The van der Waals surface area contributed by atoms with E-state index in [4.69, 9.17) is 19.3 Å². The van der Waals surface area contributed by atoms with Gasteiger partial charge in [0.25, 0.3) is 0 Å². The lowest BCUT2D eigenvalue weighted by Crippen LogP contribution is -2.56. The van der Waals surface area contributed by atoms with E-state index in [2.05, 4.69) is 36.1 Å². The maximum Gasteiger partial charge on any atom is 0.248 e. The van der Waals surface area contributed by atoms with Gasteiger partial charge in [-0.25, -0.2) is 9.97 Å².